The third-order valence-corrected chi connectivity index (χ3v) is 7.49. The van der Waals surface area contributed by atoms with Gasteiger partial charge in [0, 0.05) is 30.9 Å². The van der Waals surface area contributed by atoms with Gasteiger partial charge in [0.1, 0.15) is 0 Å². The monoisotopic (exact) mass is 472 g/mol. The molecule has 2 aromatic rings. The molecule has 0 aliphatic carbocycles. The summed E-state index contributed by atoms with van der Waals surface area (Å²) >= 11 is 13.4. The van der Waals surface area contributed by atoms with E-state index >= 15 is 0 Å². The first kappa shape index (κ1) is 22.1. The fourth-order valence-corrected chi connectivity index (χ4v) is 5.08. The summed E-state index contributed by atoms with van der Waals surface area (Å²) in [7, 11) is -3.68. The highest BCUT2D eigenvalue weighted by molar-refractivity contribution is 7.98. The van der Waals surface area contributed by atoms with Crippen molar-refractivity contribution in [2.45, 2.75) is 23.5 Å². The van der Waals surface area contributed by atoms with E-state index in [-0.39, 0.29) is 36.1 Å². The number of nitrogens with zero attached hydrogens (tertiary/aromatic N) is 1. The van der Waals surface area contributed by atoms with Gasteiger partial charge in [-0.2, -0.15) is 11.8 Å². The molecule has 1 saturated heterocycles. The number of carbonyl (C=O) groups excluding carboxylic acids is 2. The molecule has 1 aliphatic heterocycles. The summed E-state index contributed by atoms with van der Waals surface area (Å²) in [4.78, 5) is 24.7. The van der Waals surface area contributed by atoms with Gasteiger partial charge in [-0.25, -0.2) is 13.1 Å². The largest absolute Gasteiger partial charge is 0.274 e. The zero-order valence-corrected chi connectivity index (χ0v) is 18.4. The van der Waals surface area contributed by atoms with E-state index in [2.05, 4.69) is 4.72 Å². The van der Waals surface area contributed by atoms with Crippen molar-refractivity contribution in [1.82, 2.24) is 4.72 Å². The highest BCUT2D eigenvalue weighted by Gasteiger charge is 2.30. The molecule has 2 aromatic carbocycles. The second kappa shape index (κ2) is 9.49. The number of sulfonamides is 1. The Morgan fingerprint density at radius 1 is 0.966 bits per heavy atom. The molecule has 0 saturated carbocycles. The number of anilines is 1. The molecule has 0 unspecified atom stereocenters. The average molecular weight is 473 g/mol. The van der Waals surface area contributed by atoms with Gasteiger partial charge < -0.3 is 0 Å². The highest BCUT2D eigenvalue weighted by Crippen LogP contribution is 2.25. The van der Waals surface area contributed by atoms with Crippen LogP contribution in [0.25, 0.3) is 0 Å². The Labute approximate surface area is 183 Å². The number of hydrogen-bond acceptors (Lipinski definition) is 5. The van der Waals surface area contributed by atoms with Crippen molar-refractivity contribution in [1.29, 1.82) is 0 Å². The summed E-state index contributed by atoms with van der Waals surface area (Å²) in [5, 5.41) is 0.990. The van der Waals surface area contributed by atoms with Crippen LogP contribution in [-0.2, 0) is 25.4 Å². The second-order valence-corrected chi connectivity index (χ2v) is 10.0. The number of nitrogens with one attached hydrogen (secondary N) is 1. The predicted octanol–water partition coefficient (Wildman–Crippen LogP) is 3.86. The molecule has 29 heavy (non-hydrogen) atoms. The molecule has 2 amide bonds. The Balaban J connectivity index is 1.51. The Hall–Kier alpha value is -1.58. The van der Waals surface area contributed by atoms with Crippen molar-refractivity contribution in [3.8, 4) is 0 Å². The van der Waals surface area contributed by atoms with E-state index in [4.69, 9.17) is 23.2 Å². The SMILES string of the molecule is O=C1CCC(=O)N1c1ccc(S(=O)(=O)NCCSCc2ccc(Cl)c(Cl)c2)cc1. The molecular weight excluding hydrogens is 455 g/mol. The normalized spacial score (nSPS) is 14.6. The number of hydrogen-bond donors (Lipinski definition) is 1. The van der Waals surface area contributed by atoms with Gasteiger partial charge in [0.05, 0.1) is 20.6 Å². The van der Waals surface area contributed by atoms with Crippen LogP contribution in [0.1, 0.15) is 18.4 Å². The van der Waals surface area contributed by atoms with Crippen LogP contribution >= 0.6 is 35.0 Å². The molecule has 154 valence electrons. The number of rotatable bonds is 8. The fraction of sp³-hybridized carbons (Fsp3) is 0.263. The number of thioether (sulfide) groups is 1. The lowest BCUT2D eigenvalue weighted by Crippen LogP contribution is -2.29. The molecule has 3 rings (SSSR count). The molecule has 0 aromatic heterocycles. The van der Waals surface area contributed by atoms with Crippen molar-refractivity contribution in [2.75, 3.05) is 17.2 Å². The van der Waals surface area contributed by atoms with Crippen molar-refractivity contribution < 1.29 is 18.0 Å². The minimum absolute atomic E-state index is 0.0785. The van der Waals surface area contributed by atoms with E-state index in [1.807, 2.05) is 6.07 Å². The highest BCUT2D eigenvalue weighted by atomic mass is 35.5. The summed E-state index contributed by atoms with van der Waals surface area (Å²) < 4.78 is 27.4. The van der Waals surface area contributed by atoms with Crippen molar-refractivity contribution in [3.05, 3.63) is 58.1 Å². The number of carbonyl (C=O) groups is 2. The Morgan fingerprint density at radius 3 is 2.24 bits per heavy atom. The van der Waals surface area contributed by atoms with Crippen LogP contribution < -0.4 is 9.62 Å². The van der Waals surface area contributed by atoms with Gasteiger partial charge in [-0.05, 0) is 42.0 Å². The fourth-order valence-electron chi connectivity index (χ4n) is 2.79. The zero-order chi connectivity index (χ0) is 21.0. The lowest BCUT2D eigenvalue weighted by atomic mass is 10.2. The van der Waals surface area contributed by atoms with E-state index in [0.29, 0.717) is 27.2 Å². The van der Waals surface area contributed by atoms with Gasteiger partial charge in [-0.1, -0.05) is 29.3 Å². The van der Waals surface area contributed by atoms with Crippen LogP contribution in [0, 0.1) is 0 Å². The number of amides is 2. The minimum atomic E-state index is -3.68. The molecule has 1 fully saturated rings. The van der Waals surface area contributed by atoms with E-state index in [9.17, 15) is 18.0 Å². The standard InChI is InChI=1S/C19H18Cl2N2O4S2/c20-16-6-1-13(11-17(16)21)12-28-10-9-22-29(26,27)15-4-2-14(3-5-15)23-18(24)7-8-19(23)25/h1-6,11,22H,7-10,12H2. The summed E-state index contributed by atoms with van der Waals surface area (Å²) in [6, 6.07) is 11.1. The maximum atomic E-state index is 12.4. The minimum Gasteiger partial charge on any atom is -0.274 e. The maximum absolute atomic E-state index is 12.4. The summed E-state index contributed by atoms with van der Waals surface area (Å²) in [5.74, 6) is 0.713. The molecule has 0 radical (unpaired) electrons. The first-order valence-corrected chi connectivity index (χ1v) is 12.1. The smallest absolute Gasteiger partial charge is 0.240 e. The molecule has 1 aliphatic rings. The van der Waals surface area contributed by atoms with Gasteiger partial charge in [0.25, 0.3) is 0 Å². The lowest BCUT2D eigenvalue weighted by Gasteiger charge is -2.14. The van der Waals surface area contributed by atoms with Gasteiger partial charge in [0.2, 0.25) is 21.8 Å². The molecule has 0 bridgehead atoms. The molecule has 0 atom stereocenters. The van der Waals surface area contributed by atoms with Crippen LogP contribution in [-0.4, -0.2) is 32.5 Å². The van der Waals surface area contributed by atoms with Gasteiger partial charge in [-0.3, -0.25) is 14.5 Å². The lowest BCUT2D eigenvalue weighted by molar-refractivity contribution is -0.121. The van der Waals surface area contributed by atoms with Crippen molar-refractivity contribution in [3.63, 3.8) is 0 Å². The molecule has 1 N–H and O–H groups in total. The second-order valence-electron chi connectivity index (χ2n) is 6.32. The third kappa shape index (κ3) is 5.52. The summed E-state index contributed by atoms with van der Waals surface area (Å²) in [6.07, 6.45) is 0.362. The van der Waals surface area contributed by atoms with Crippen LogP contribution in [0.15, 0.2) is 47.4 Å². The van der Waals surface area contributed by atoms with E-state index in [1.165, 1.54) is 24.3 Å². The molecule has 0 spiro atoms. The van der Waals surface area contributed by atoms with Crippen molar-refractivity contribution >= 4 is 62.5 Å². The first-order chi connectivity index (χ1) is 13.8. The maximum Gasteiger partial charge on any atom is 0.240 e. The molecular formula is C19H18Cl2N2O4S2. The Kier molecular flexibility index (Phi) is 7.23. The van der Waals surface area contributed by atoms with Crippen LogP contribution in [0.5, 0.6) is 0 Å². The molecule has 1 heterocycles. The first-order valence-electron chi connectivity index (χ1n) is 8.75. The van der Waals surface area contributed by atoms with Crippen LogP contribution in [0.3, 0.4) is 0 Å². The predicted molar refractivity (Wildman–Crippen MR) is 116 cm³/mol. The van der Waals surface area contributed by atoms with Crippen LogP contribution in [0.2, 0.25) is 10.0 Å². The molecule has 10 heteroatoms. The topological polar surface area (TPSA) is 83.6 Å². The number of imide groups is 1. The Morgan fingerprint density at radius 2 is 1.62 bits per heavy atom. The Bertz CT molecular complexity index is 1010. The summed E-state index contributed by atoms with van der Waals surface area (Å²) in [5.41, 5.74) is 1.39. The van der Waals surface area contributed by atoms with E-state index in [0.717, 1.165) is 10.5 Å². The average Bonchev–Trinajstić information content (AvgIpc) is 3.02. The third-order valence-electron chi connectivity index (χ3n) is 4.25. The quantitative estimate of drug-likeness (QED) is 0.465. The van der Waals surface area contributed by atoms with Crippen LogP contribution in [0.4, 0.5) is 5.69 Å². The summed E-state index contributed by atoms with van der Waals surface area (Å²) in [6.45, 7) is 0.263. The molecule has 6 nitrogen and oxygen atoms in total. The zero-order valence-electron chi connectivity index (χ0n) is 15.2. The number of halogens is 2. The van der Waals surface area contributed by atoms with E-state index < -0.39 is 10.0 Å². The van der Waals surface area contributed by atoms with Gasteiger partial charge in [-0.15, -0.1) is 0 Å². The van der Waals surface area contributed by atoms with Gasteiger partial charge >= 0.3 is 0 Å². The number of benzene rings is 2. The van der Waals surface area contributed by atoms with E-state index in [1.54, 1.807) is 23.9 Å². The van der Waals surface area contributed by atoms with Crippen molar-refractivity contribution in [2.24, 2.45) is 0 Å². The van der Waals surface area contributed by atoms with Gasteiger partial charge in [0.15, 0.2) is 0 Å².